The number of hydrogen-bond donors (Lipinski definition) is 0. The van der Waals surface area contributed by atoms with Crippen LogP contribution in [0.4, 0.5) is 4.79 Å². The summed E-state index contributed by atoms with van der Waals surface area (Å²) in [5.74, 6) is 0. The van der Waals surface area contributed by atoms with Gasteiger partial charge in [-0.2, -0.15) is 0 Å². The average molecular weight is 280 g/mol. The summed E-state index contributed by atoms with van der Waals surface area (Å²) in [5.41, 5.74) is -0.438. The molecule has 1 atom stereocenters. The van der Waals surface area contributed by atoms with Crippen LogP contribution in [-0.2, 0) is 9.47 Å². The highest BCUT2D eigenvalue weighted by Gasteiger charge is 2.30. The molecule has 0 aliphatic carbocycles. The van der Waals surface area contributed by atoms with Gasteiger partial charge in [-0.1, -0.05) is 15.9 Å². The van der Waals surface area contributed by atoms with E-state index in [4.69, 9.17) is 9.47 Å². The summed E-state index contributed by atoms with van der Waals surface area (Å²) < 4.78 is 10.6. The molecule has 1 rings (SSSR count). The molecule has 1 heterocycles. The molecule has 0 aromatic heterocycles. The van der Waals surface area contributed by atoms with E-state index in [1.54, 1.807) is 4.90 Å². The average Bonchev–Trinajstić information content (AvgIpc) is 2.15. The Hall–Kier alpha value is -0.290. The van der Waals surface area contributed by atoms with Gasteiger partial charge in [-0.3, -0.25) is 4.90 Å². The van der Waals surface area contributed by atoms with E-state index in [1.807, 2.05) is 20.8 Å². The third kappa shape index (κ3) is 3.99. The molecule has 0 saturated carbocycles. The molecule has 88 valence electrons. The van der Waals surface area contributed by atoms with Crippen LogP contribution in [0.3, 0.4) is 0 Å². The number of amides is 1. The van der Waals surface area contributed by atoms with Crippen molar-refractivity contribution in [3.8, 4) is 0 Å². The first-order valence-corrected chi connectivity index (χ1v) is 6.19. The summed E-state index contributed by atoms with van der Waals surface area (Å²) in [6.45, 7) is 7.37. The zero-order valence-corrected chi connectivity index (χ0v) is 11.0. The SMILES string of the molecule is CC(C)(C)OC(=O)N1CCOCC1CBr. The van der Waals surface area contributed by atoms with E-state index in [0.717, 1.165) is 0 Å². The Morgan fingerprint density at radius 2 is 2.27 bits per heavy atom. The summed E-state index contributed by atoms with van der Waals surface area (Å²) in [5, 5.41) is 0.715. The van der Waals surface area contributed by atoms with Gasteiger partial charge in [0.05, 0.1) is 19.3 Å². The molecule has 0 aromatic carbocycles. The minimum Gasteiger partial charge on any atom is -0.444 e. The van der Waals surface area contributed by atoms with E-state index in [2.05, 4.69) is 15.9 Å². The Kier molecular flexibility index (Phi) is 4.40. The second-order valence-electron chi connectivity index (χ2n) is 4.56. The van der Waals surface area contributed by atoms with Crippen molar-refractivity contribution in [1.82, 2.24) is 4.90 Å². The number of carbonyl (C=O) groups is 1. The predicted molar refractivity (Wildman–Crippen MR) is 61.3 cm³/mol. The first-order valence-electron chi connectivity index (χ1n) is 5.07. The molecule has 0 bridgehead atoms. The normalized spacial score (nSPS) is 22.7. The zero-order valence-electron chi connectivity index (χ0n) is 9.46. The summed E-state index contributed by atoms with van der Waals surface area (Å²) in [4.78, 5) is 13.5. The molecule has 0 spiro atoms. The summed E-state index contributed by atoms with van der Waals surface area (Å²) >= 11 is 3.37. The van der Waals surface area contributed by atoms with Crippen LogP contribution in [0.5, 0.6) is 0 Å². The number of nitrogens with zero attached hydrogens (tertiary/aromatic N) is 1. The monoisotopic (exact) mass is 279 g/mol. The molecule has 15 heavy (non-hydrogen) atoms. The smallest absolute Gasteiger partial charge is 0.410 e. The van der Waals surface area contributed by atoms with Crippen molar-refractivity contribution in [1.29, 1.82) is 0 Å². The topological polar surface area (TPSA) is 38.8 Å². The van der Waals surface area contributed by atoms with Gasteiger partial charge in [0, 0.05) is 11.9 Å². The molecule has 1 fully saturated rings. The molecule has 0 N–H and O–H groups in total. The zero-order chi connectivity index (χ0) is 11.5. The molecular formula is C10H18BrNO3. The van der Waals surface area contributed by atoms with E-state index < -0.39 is 5.60 Å². The van der Waals surface area contributed by atoms with E-state index >= 15 is 0 Å². The van der Waals surface area contributed by atoms with Crippen molar-refractivity contribution in [3.05, 3.63) is 0 Å². The van der Waals surface area contributed by atoms with Crippen LogP contribution in [0.1, 0.15) is 20.8 Å². The van der Waals surface area contributed by atoms with Gasteiger partial charge in [-0.25, -0.2) is 4.79 Å². The molecular weight excluding hydrogens is 262 g/mol. The van der Waals surface area contributed by atoms with Gasteiger partial charge in [0.2, 0.25) is 0 Å². The van der Waals surface area contributed by atoms with Gasteiger partial charge in [0.25, 0.3) is 0 Å². The largest absolute Gasteiger partial charge is 0.444 e. The highest BCUT2D eigenvalue weighted by atomic mass is 79.9. The second-order valence-corrected chi connectivity index (χ2v) is 5.20. The van der Waals surface area contributed by atoms with Gasteiger partial charge in [-0.05, 0) is 20.8 Å². The number of halogens is 1. The Labute approximate surface area is 99.0 Å². The molecule has 1 saturated heterocycles. The van der Waals surface area contributed by atoms with Crippen molar-refractivity contribution < 1.29 is 14.3 Å². The fourth-order valence-corrected chi connectivity index (χ4v) is 1.88. The van der Waals surface area contributed by atoms with Crippen LogP contribution in [0, 0.1) is 0 Å². The molecule has 0 radical (unpaired) electrons. The first-order chi connectivity index (χ1) is 6.94. The molecule has 1 aliphatic rings. The van der Waals surface area contributed by atoms with Crippen LogP contribution >= 0.6 is 15.9 Å². The molecule has 1 amide bonds. The van der Waals surface area contributed by atoms with Crippen molar-refractivity contribution in [3.63, 3.8) is 0 Å². The van der Waals surface area contributed by atoms with Gasteiger partial charge in [0.1, 0.15) is 5.60 Å². The molecule has 4 nitrogen and oxygen atoms in total. The summed E-state index contributed by atoms with van der Waals surface area (Å²) in [6.07, 6.45) is -0.254. The van der Waals surface area contributed by atoms with Gasteiger partial charge in [0.15, 0.2) is 0 Å². The van der Waals surface area contributed by atoms with Crippen molar-refractivity contribution in [2.75, 3.05) is 25.1 Å². The van der Waals surface area contributed by atoms with Gasteiger partial charge in [-0.15, -0.1) is 0 Å². The lowest BCUT2D eigenvalue weighted by atomic mass is 10.2. The Morgan fingerprint density at radius 3 is 2.80 bits per heavy atom. The minimum absolute atomic E-state index is 0.0774. The highest BCUT2D eigenvalue weighted by molar-refractivity contribution is 9.09. The van der Waals surface area contributed by atoms with Gasteiger partial charge < -0.3 is 9.47 Å². The van der Waals surface area contributed by atoms with E-state index in [9.17, 15) is 4.79 Å². The third-order valence-electron chi connectivity index (χ3n) is 2.03. The van der Waals surface area contributed by atoms with Crippen molar-refractivity contribution >= 4 is 22.0 Å². The quantitative estimate of drug-likeness (QED) is 0.690. The number of carbonyl (C=O) groups excluding carboxylic acids is 1. The molecule has 1 unspecified atom stereocenters. The third-order valence-corrected chi connectivity index (χ3v) is 2.78. The lowest BCUT2D eigenvalue weighted by molar-refractivity contribution is -0.0265. The molecule has 0 aromatic rings. The minimum atomic E-state index is -0.438. The number of rotatable bonds is 1. The standard InChI is InChI=1S/C10H18BrNO3/c1-10(2,3)15-9(13)12-4-5-14-7-8(12)6-11/h8H,4-7H2,1-3H3. The lowest BCUT2D eigenvalue weighted by Gasteiger charge is -2.35. The number of morpholine rings is 1. The predicted octanol–water partition coefficient (Wildman–Crippen LogP) is 2.02. The Morgan fingerprint density at radius 1 is 1.60 bits per heavy atom. The fraction of sp³-hybridized carbons (Fsp3) is 0.900. The number of hydrogen-bond acceptors (Lipinski definition) is 3. The maximum absolute atomic E-state index is 11.8. The molecule has 1 aliphatic heterocycles. The molecule has 5 heteroatoms. The Balaban J connectivity index is 2.56. The maximum atomic E-state index is 11.8. The van der Waals surface area contributed by atoms with Gasteiger partial charge >= 0.3 is 6.09 Å². The van der Waals surface area contributed by atoms with E-state index in [1.165, 1.54) is 0 Å². The Bertz CT molecular complexity index is 227. The van der Waals surface area contributed by atoms with Crippen LogP contribution < -0.4 is 0 Å². The lowest BCUT2D eigenvalue weighted by Crippen LogP contribution is -2.51. The summed E-state index contributed by atoms with van der Waals surface area (Å²) in [7, 11) is 0. The second kappa shape index (κ2) is 5.16. The first kappa shape index (κ1) is 12.8. The van der Waals surface area contributed by atoms with Crippen LogP contribution in [0.15, 0.2) is 0 Å². The number of alkyl halides is 1. The van der Waals surface area contributed by atoms with Crippen LogP contribution in [-0.4, -0.2) is 47.7 Å². The maximum Gasteiger partial charge on any atom is 0.410 e. The highest BCUT2D eigenvalue weighted by Crippen LogP contribution is 2.15. The number of ether oxygens (including phenoxy) is 2. The van der Waals surface area contributed by atoms with Crippen molar-refractivity contribution in [2.45, 2.75) is 32.4 Å². The van der Waals surface area contributed by atoms with Crippen LogP contribution in [0.2, 0.25) is 0 Å². The summed E-state index contributed by atoms with van der Waals surface area (Å²) in [6, 6.07) is 0.0774. The fourth-order valence-electron chi connectivity index (χ4n) is 1.34. The van der Waals surface area contributed by atoms with Crippen molar-refractivity contribution in [2.24, 2.45) is 0 Å². The van der Waals surface area contributed by atoms with Crippen LogP contribution in [0.25, 0.3) is 0 Å². The van der Waals surface area contributed by atoms with E-state index in [0.29, 0.717) is 25.1 Å². The van der Waals surface area contributed by atoms with E-state index in [-0.39, 0.29) is 12.1 Å².